The second-order valence-corrected chi connectivity index (χ2v) is 6.62. The highest BCUT2D eigenvalue weighted by molar-refractivity contribution is 6.01. The molecule has 1 fully saturated rings. The standard InChI is InChI=1S/C20H24N4O2/c1-4-19(25)22(2)17-9-7-15(8-10-17)20(26)24-13-5-6-16(14-24)18-11-12-21-23(18)3/h4,7-12,16H,1,5-6,13-14H2,2-3H3. The van der Waals surface area contributed by atoms with Crippen molar-refractivity contribution in [2.75, 3.05) is 25.0 Å². The fourth-order valence-corrected chi connectivity index (χ4v) is 3.46. The number of carbonyl (C=O) groups is 2. The van der Waals surface area contributed by atoms with Gasteiger partial charge in [-0.05, 0) is 49.2 Å². The Morgan fingerprint density at radius 2 is 2.00 bits per heavy atom. The molecule has 1 aromatic carbocycles. The summed E-state index contributed by atoms with van der Waals surface area (Å²) < 4.78 is 1.89. The zero-order chi connectivity index (χ0) is 18.7. The lowest BCUT2D eigenvalue weighted by atomic mass is 9.94. The molecule has 0 radical (unpaired) electrons. The van der Waals surface area contributed by atoms with Crippen molar-refractivity contribution in [3.63, 3.8) is 0 Å². The van der Waals surface area contributed by atoms with Crippen LogP contribution in [0.3, 0.4) is 0 Å². The molecule has 1 saturated heterocycles. The maximum absolute atomic E-state index is 12.9. The quantitative estimate of drug-likeness (QED) is 0.795. The van der Waals surface area contributed by atoms with Gasteiger partial charge in [0.05, 0.1) is 0 Å². The number of carbonyl (C=O) groups excluding carboxylic acids is 2. The number of hydrogen-bond acceptors (Lipinski definition) is 3. The van der Waals surface area contributed by atoms with E-state index in [0.717, 1.165) is 25.1 Å². The molecule has 0 N–H and O–H groups in total. The molecule has 2 amide bonds. The number of aryl methyl sites for hydroxylation is 1. The van der Waals surface area contributed by atoms with Crippen LogP contribution in [0.25, 0.3) is 0 Å². The lowest BCUT2D eigenvalue weighted by Gasteiger charge is -2.33. The highest BCUT2D eigenvalue weighted by Gasteiger charge is 2.27. The highest BCUT2D eigenvalue weighted by Crippen LogP contribution is 2.27. The number of likely N-dealkylation sites (tertiary alicyclic amines) is 1. The normalized spacial score (nSPS) is 17.0. The molecule has 2 aromatic rings. The first kappa shape index (κ1) is 17.9. The molecule has 1 unspecified atom stereocenters. The Morgan fingerprint density at radius 1 is 1.27 bits per heavy atom. The number of hydrogen-bond donors (Lipinski definition) is 0. The van der Waals surface area contributed by atoms with Gasteiger partial charge in [-0.25, -0.2) is 0 Å². The second kappa shape index (κ2) is 7.56. The summed E-state index contributed by atoms with van der Waals surface area (Å²) >= 11 is 0. The number of amides is 2. The minimum absolute atomic E-state index is 0.0288. The molecule has 0 spiro atoms. The highest BCUT2D eigenvalue weighted by atomic mass is 16.2. The molecule has 6 heteroatoms. The van der Waals surface area contributed by atoms with Gasteiger partial charge in [-0.2, -0.15) is 5.10 Å². The molecular weight excluding hydrogens is 328 g/mol. The van der Waals surface area contributed by atoms with Crippen molar-refractivity contribution in [2.24, 2.45) is 7.05 Å². The van der Waals surface area contributed by atoms with Crippen LogP contribution in [0.1, 0.15) is 34.8 Å². The molecule has 6 nitrogen and oxygen atoms in total. The number of aromatic nitrogens is 2. The number of benzene rings is 1. The molecule has 0 saturated carbocycles. The predicted octanol–water partition coefficient (Wildman–Crippen LogP) is 2.59. The molecule has 2 heterocycles. The number of rotatable bonds is 4. The summed E-state index contributed by atoms with van der Waals surface area (Å²) in [6.07, 6.45) is 5.12. The molecule has 3 rings (SSSR count). The van der Waals surface area contributed by atoms with E-state index < -0.39 is 0 Å². The van der Waals surface area contributed by atoms with Crippen LogP contribution >= 0.6 is 0 Å². The molecule has 26 heavy (non-hydrogen) atoms. The summed E-state index contributed by atoms with van der Waals surface area (Å²) in [6.45, 7) is 4.96. The topological polar surface area (TPSA) is 58.4 Å². The summed E-state index contributed by atoms with van der Waals surface area (Å²) in [5, 5.41) is 4.24. The van der Waals surface area contributed by atoms with E-state index in [1.165, 1.54) is 16.7 Å². The summed E-state index contributed by atoms with van der Waals surface area (Å²) in [7, 11) is 3.62. The summed E-state index contributed by atoms with van der Waals surface area (Å²) in [5.41, 5.74) is 2.54. The van der Waals surface area contributed by atoms with Crippen LogP contribution in [0.4, 0.5) is 5.69 Å². The summed E-state index contributed by atoms with van der Waals surface area (Å²) in [6, 6.07) is 9.16. The molecule has 1 atom stereocenters. The van der Waals surface area contributed by atoms with Crippen LogP contribution in [0.15, 0.2) is 49.2 Å². The van der Waals surface area contributed by atoms with E-state index in [9.17, 15) is 9.59 Å². The average Bonchev–Trinajstić information content (AvgIpc) is 3.12. The Balaban J connectivity index is 1.71. The van der Waals surface area contributed by atoms with Gasteiger partial charge in [0.1, 0.15) is 0 Å². The van der Waals surface area contributed by atoms with Crippen molar-refractivity contribution in [1.82, 2.24) is 14.7 Å². The number of likely N-dealkylation sites (N-methyl/N-ethyl adjacent to an activating group) is 1. The van der Waals surface area contributed by atoms with E-state index in [4.69, 9.17) is 0 Å². The fraction of sp³-hybridized carbons (Fsp3) is 0.350. The van der Waals surface area contributed by atoms with Gasteiger partial charge >= 0.3 is 0 Å². The number of nitrogens with zero attached hydrogens (tertiary/aromatic N) is 4. The Kier molecular flexibility index (Phi) is 5.21. The van der Waals surface area contributed by atoms with Gasteiger partial charge in [-0.1, -0.05) is 6.58 Å². The molecule has 136 valence electrons. The second-order valence-electron chi connectivity index (χ2n) is 6.62. The van der Waals surface area contributed by atoms with Crippen molar-refractivity contribution < 1.29 is 9.59 Å². The van der Waals surface area contributed by atoms with Crippen LogP contribution in [-0.4, -0.2) is 46.6 Å². The van der Waals surface area contributed by atoms with Gasteiger partial charge in [0, 0.05) is 56.2 Å². The molecular formula is C20H24N4O2. The SMILES string of the molecule is C=CC(=O)N(C)c1ccc(C(=O)N2CCCC(c3ccnn3C)C2)cc1. The lowest BCUT2D eigenvalue weighted by Crippen LogP contribution is -2.39. The van der Waals surface area contributed by atoms with Crippen molar-refractivity contribution in [3.05, 3.63) is 60.4 Å². The van der Waals surface area contributed by atoms with Gasteiger partial charge in [-0.3, -0.25) is 14.3 Å². The molecule has 1 aromatic heterocycles. The summed E-state index contributed by atoms with van der Waals surface area (Å²) in [4.78, 5) is 28.0. The van der Waals surface area contributed by atoms with E-state index in [-0.39, 0.29) is 11.8 Å². The van der Waals surface area contributed by atoms with Gasteiger partial charge in [0.15, 0.2) is 0 Å². The zero-order valence-electron chi connectivity index (χ0n) is 15.3. The predicted molar refractivity (Wildman–Crippen MR) is 101 cm³/mol. The molecule has 1 aliphatic rings. The minimum Gasteiger partial charge on any atom is -0.338 e. The Labute approximate surface area is 153 Å². The van der Waals surface area contributed by atoms with Gasteiger partial charge in [-0.15, -0.1) is 0 Å². The molecule has 0 bridgehead atoms. The summed E-state index contributed by atoms with van der Waals surface area (Å²) in [5.74, 6) is 0.163. The van der Waals surface area contributed by atoms with E-state index in [0.29, 0.717) is 18.0 Å². The van der Waals surface area contributed by atoms with Crippen LogP contribution in [0.5, 0.6) is 0 Å². The first-order valence-corrected chi connectivity index (χ1v) is 8.78. The minimum atomic E-state index is -0.181. The number of piperidine rings is 1. The van der Waals surface area contributed by atoms with Crippen LogP contribution in [0.2, 0.25) is 0 Å². The van der Waals surface area contributed by atoms with Crippen LogP contribution in [0, 0.1) is 0 Å². The maximum atomic E-state index is 12.9. The largest absolute Gasteiger partial charge is 0.338 e. The monoisotopic (exact) mass is 352 g/mol. The Hall–Kier alpha value is -2.89. The smallest absolute Gasteiger partial charge is 0.253 e. The van der Waals surface area contributed by atoms with Crippen LogP contribution < -0.4 is 4.90 Å². The van der Waals surface area contributed by atoms with Gasteiger partial charge in [0.2, 0.25) is 5.91 Å². The van der Waals surface area contributed by atoms with Crippen molar-refractivity contribution in [2.45, 2.75) is 18.8 Å². The maximum Gasteiger partial charge on any atom is 0.253 e. The van der Waals surface area contributed by atoms with Gasteiger partial charge in [0.25, 0.3) is 5.91 Å². The van der Waals surface area contributed by atoms with Crippen molar-refractivity contribution >= 4 is 17.5 Å². The third-order valence-electron chi connectivity index (χ3n) is 4.99. The Morgan fingerprint density at radius 3 is 2.62 bits per heavy atom. The number of anilines is 1. The van der Waals surface area contributed by atoms with Crippen LogP contribution in [-0.2, 0) is 11.8 Å². The van der Waals surface area contributed by atoms with E-state index >= 15 is 0 Å². The van der Waals surface area contributed by atoms with E-state index in [2.05, 4.69) is 11.7 Å². The third-order valence-corrected chi connectivity index (χ3v) is 4.99. The third kappa shape index (κ3) is 3.54. The lowest BCUT2D eigenvalue weighted by molar-refractivity contribution is -0.113. The average molecular weight is 352 g/mol. The van der Waals surface area contributed by atoms with Gasteiger partial charge < -0.3 is 9.80 Å². The first-order valence-electron chi connectivity index (χ1n) is 8.78. The van der Waals surface area contributed by atoms with Crippen molar-refractivity contribution in [3.8, 4) is 0 Å². The zero-order valence-corrected chi connectivity index (χ0v) is 15.3. The first-order chi connectivity index (χ1) is 12.5. The van der Waals surface area contributed by atoms with E-state index in [1.807, 2.05) is 22.7 Å². The fourth-order valence-electron chi connectivity index (χ4n) is 3.46. The molecule has 1 aliphatic heterocycles. The van der Waals surface area contributed by atoms with Crippen molar-refractivity contribution in [1.29, 1.82) is 0 Å². The Bertz CT molecular complexity index is 809. The van der Waals surface area contributed by atoms with E-state index in [1.54, 1.807) is 37.5 Å². The molecule has 0 aliphatic carbocycles.